The van der Waals surface area contributed by atoms with E-state index in [2.05, 4.69) is 44.3 Å². The first kappa shape index (κ1) is 11.3. The summed E-state index contributed by atoms with van der Waals surface area (Å²) in [7, 11) is 0. The lowest BCUT2D eigenvalue weighted by atomic mass is 10.2. The van der Waals surface area contributed by atoms with Crippen LogP contribution in [-0.4, -0.2) is 14.5 Å². The van der Waals surface area contributed by atoms with E-state index in [9.17, 15) is 0 Å². The van der Waals surface area contributed by atoms with Gasteiger partial charge in [-0.3, -0.25) is 4.98 Å². The minimum atomic E-state index is 0.436. The van der Waals surface area contributed by atoms with Gasteiger partial charge in [-0.15, -0.1) is 0 Å². The zero-order valence-corrected chi connectivity index (χ0v) is 11.0. The molecule has 2 aromatic rings. The third-order valence-electron chi connectivity index (χ3n) is 2.39. The Bertz CT molecular complexity index is 459. The molecule has 16 heavy (non-hydrogen) atoms. The van der Waals surface area contributed by atoms with Gasteiger partial charge in [0.05, 0.1) is 12.2 Å². The van der Waals surface area contributed by atoms with Crippen molar-refractivity contribution in [3.05, 3.63) is 46.7 Å². The molecule has 0 N–H and O–H groups in total. The van der Waals surface area contributed by atoms with E-state index < -0.39 is 0 Å². The Balaban J connectivity index is 2.20. The third-order valence-corrected chi connectivity index (χ3v) is 2.85. The Kier molecular flexibility index (Phi) is 3.39. The van der Waals surface area contributed by atoms with Gasteiger partial charge in [0.25, 0.3) is 0 Å². The molecule has 0 radical (unpaired) electrons. The molecule has 0 saturated carbocycles. The van der Waals surface area contributed by atoms with Crippen LogP contribution >= 0.6 is 15.9 Å². The van der Waals surface area contributed by atoms with Gasteiger partial charge in [-0.1, -0.05) is 13.8 Å². The molecular formula is C12H14BrN3. The lowest BCUT2D eigenvalue weighted by Crippen LogP contribution is -2.06. The maximum Gasteiger partial charge on any atom is 0.111 e. The van der Waals surface area contributed by atoms with Crippen molar-refractivity contribution < 1.29 is 0 Å². The summed E-state index contributed by atoms with van der Waals surface area (Å²) < 4.78 is 3.15. The van der Waals surface area contributed by atoms with Crippen LogP contribution in [0.3, 0.4) is 0 Å². The lowest BCUT2D eigenvalue weighted by molar-refractivity contribution is 0.661. The summed E-state index contributed by atoms with van der Waals surface area (Å²) in [5.74, 6) is 1.54. The number of nitrogens with zero attached hydrogens (tertiary/aromatic N) is 3. The van der Waals surface area contributed by atoms with Crippen molar-refractivity contribution in [2.75, 3.05) is 0 Å². The third kappa shape index (κ3) is 2.50. The van der Waals surface area contributed by atoms with Crippen LogP contribution in [0, 0.1) is 0 Å². The molecular weight excluding hydrogens is 266 g/mol. The van der Waals surface area contributed by atoms with Crippen LogP contribution in [0.15, 0.2) is 35.2 Å². The fraction of sp³-hybridized carbons (Fsp3) is 0.333. The normalized spacial score (nSPS) is 11.0. The summed E-state index contributed by atoms with van der Waals surface area (Å²) in [5.41, 5.74) is 1.04. The van der Waals surface area contributed by atoms with Crippen LogP contribution in [-0.2, 0) is 6.54 Å². The molecule has 84 valence electrons. The van der Waals surface area contributed by atoms with Crippen LogP contribution in [0.4, 0.5) is 0 Å². The fourth-order valence-electron chi connectivity index (χ4n) is 1.63. The number of hydrogen-bond donors (Lipinski definition) is 0. The van der Waals surface area contributed by atoms with Crippen LogP contribution < -0.4 is 0 Å². The van der Waals surface area contributed by atoms with E-state index in [0.29, 0.717) is 5.92 Å². The predicted molar refractivity (Wildman–Crippen MR) is 67.4 cm³/mol. The highest BCUT2D eigenvalue weighted by Crippen LogP contribution is 2.14. The number of rotatable bonds is 3. The van der Waals surface area contributed by atoms with Crippen molar-refractivity contribution >= 4 is 15.9 Å². The van der Waals surface area contributed by atoms with E-state index in [0.717, 1.165) is 22.5 Å². The van der Waals surface area contributed by atoms with Gasteiger partial charge in [-0.25, -0.2) is 4.98 Å². The second kappa shape index (κ2) is 4.78. The van der Waals surface area contributed by atoms with E-state index in [1.165, 1.54) is 0 Å². The molecule has 4 heteroatoms. The quantitative estimate of drug-likeness (QED) is 0.864. The molecule has 0 atom stereocenters. The van der Waals surface area contributed by atoms with E-state index >= 15 is 0 Å². The summed E-state index contributed by atoms with van der Waals surface area (Å²) in [4.78, 5) is 8.71. The molecule has 2 rings (SSSR count). The van der Waals surface area contributed by atoms with Crippen molar-refractivity contribution in [1.82, 2.24) is 14.5 Å². The monoisotopic (exact) mass is 279 g/mol. The smallest absolute Gasteiger partial charge is 0.111 e. The van der Waals surface area contributed by atoms with Gasteiger partial charge in [0.15, 0.2) is 0 Å². The van der Waals surface area contributed by atoms with Gasteiger partial charge in [0, 0.05) is 29.0 Å². The van der Waals surface area contributed by atoms with Gasteiger partial charge >= 0.3 is 0 Å². The summed E-state index contributed by atoms with van der Waals surface area (Å²) in [6.45, 7) is 5.07. The average molecular weight is 280 g/mol. The highest BCUT2D eigenvalue weighted by atomic mass is 79.9. The Morgan fingerprint density at radius 3 is 2.75 bits per heavy atom. The summed E-state index contributed by atoms with van der Waals surface area (Å²) in [5, 5.41) is 0. The zero-order chi connectivity index (χ0) is 11.5. The van der Waals surface area contributed by atoms with Gasteiger partial charge in [-0.05, 0) is 28.1 Å². The number of imidazole rings is 1. The molecule has 0 aliphatic heterocycles. The maximum absolute atomic E-state index is 4.36. The first-order chi connectivity index (χ1) is 7.66. The summed E-state index contributed by atoms with van der Waals surface area (Å²) in [6.07, 6.45) is 5.66. The SMILES string of the molecule is CC(C)c1nccn1Cc1ccc(Br)cn1. The zero-order valence-electron chi connectivity index (χ0n) is 9.39. The number of hydrogen-bond acceptors (Lipinski definition) is 2. The van der Waals surface area contributed by atoms with Crippen LogP contribution in [0.2, 0.25) is 0 Å². The molecule has 0 aliphatic rings. The number of halogens is 1. The minimum Gasteiger partial charge on any atom is -0.329 e. The Labute approximate surface area is 104 Å². The van der Waals surface area contributed by atoms with Gasteiger partial charge in [-0.2, -0.15) is 0 Å². The van der Waals surface area contributed by atoms with Gasteiger partial charge < -0.3 is 4.57 Å². The second-order valence-corrected chi connectivity index (χ2v) is 4.95. The maximum atomic E-state index is 4.36. The van der Waals surface area contributed by atoms with Crippen molar-refractivity contribution in [2.45, 2.75) is 26.3 Å². The molecule has 3 nitrogen and oxygen atoms in total. The largest absolute Gasteiger partial charge is 0.329 e. The standard InChI is InChI=1S/C12H14BrN3/c1-9(2)12-14-5-6-16(12)8-11-4-3-10(13)7-15-11/h3-7,9H,8H2,1-2H3. The van der Waals surface area contributed by atoms with Crippen LogP contribution in [0.25, 0.3) is 0 Å². The first-order valence-electron chi connectivity index (χ1n) is 5.28. The lowest BCUT2D eigenvalue weighted by Gasteiger charge is -2.09. The Morgan fingerprint density at radius 2 is 2.12 bits per heavy atom. The molecule has 0 bridgehead atoms. The van der Waals surface area contributed by atoms with E-state index in [4.69, 9.17) is 0 Å². The topological polar surface area (TPSA) is 30.7 Å². The van der Waals surface area contributed by atoms with E-state index in [1.54, 1.807) is 0 Å². The van der Waals surface area contributed by atoms with E-state index in [1.807, 2.05) is 30.7 Å². The van der Waals surface area contributed by atoms with Crippen molar-refractivity contribution in [1.29, 1.82) is 0 Å². The highest BCUT2D eigenvalue weighted by molar-refractivity contribution is 9.10. The van der Waals surface area contributed by atoms with Gasteiger partial charge in [0.2, 0.25) is 0 Å². The van der Waals surface area contributed by atoms with Crippen molar-refractivity contribution in [2.24, 2.45) is 0 Å². The van der Waals surface area contributed by atoms with Gasteiger partial charge in [0.1, 0.15) is 5.82 Å². The first-order valence-corrected chi connectivity index (χ1v) is 6.07. The van der Waals surface area contributed by atoms with Crippen molar-refractivity contribution in [3.8, 4) is 0 Å². The van der Waals surface area contributed by atoms with Crippen LogP contribution in [0.1, 0.15) is 31.3 Å². The summed E-state index contributed by atoms with van der Waals surface area (Å²) in [6, 6.07) is 4.03. The van der Waals surface area contributed by atoms with E-state index in [-0.39, 0.29) is 0 Å². The summed E-state index contributed by atoms with van der Waals surface area (Å²) >= 11 is 3.38. The fourth-order valence-corrected chi connectivity index (χ4v) is 1.86. The molecule has 2 aromatic heterocycles. The Morgan fingerprint density at radius 1 is 1.31 bits per heavy atom. The molecule has 0 aliphatic carbocycles. The molecule has 0 saturated heterocycles. The molecule has 2 heterocycles. The highest BCUT2D eigenvalue weighted by Gasteiger charge is 2.07. The molecule has 0 fully saturated rings. The van der Waals surface area contributed by atoms with Crippen molar-refractivity contribution in [3.63, 3.8) is 0 Å². The molecule has 0 amide bonds. The number of pyridine rings is 1. The van der Waals surface area contributed by atoms with Crippen LogP contribution in [0.5, 0.6) is 0 Å². The molecule has 0 aromatic carbocycles. The average Bonchev–Trinajstić information content (AvgIpc) is 2.69. The minimum absolute atomic E-state index is 0.436. The Hall–Kier alpha value is -1.16. The predicted octanol–water partition coefficient (Wildman–Crippen LogP) is 3.21. The molecule has 0 spiro atoms. The molecule has 0 unspecified atom stereocenters. The second-order valence-electron chi connectivity index (χ2n) is 4.04. The number of aromatic nitrogens is 3.